The van der Waals surface area contributed by atoms with Crippen molar-refractivity contribution < 1.29 is 19.0 Å². The van der Waals surface area contributed by atoms with E-state index in [1.807, 2.05) is 43.3 Å². The lowest BCUT2D eigenvalue weighted by atomic mass is 10.1. The molecule has 150 valence electrons. The van der Waals surface area contributed by atoms with E-state index in [0.29, 0.717) is 39.6 Å². The van der Waals surface area contributed by atoms with E-state index in [0.717, 1.165) is 5.56 Å². The SMILES string of the molecule is COc1cccc(NC(=O)c2cc(Br)c(OCc3ccc(C)cc3)c(OC)c2)c1. The van der Waals surface area contributed by atoms with Gasteiger partial charge in [-0.1, -0.05) is 35.9 Å². The normalized spacial score (nSPS) is 10.3. The molecule has 0 saturated heterocycles. The second-order valence-corrected chi connectivity index (χ2v) is 7.30. The van der Waals surface area contributed by atoms with Crippen LogP contribution in [0, 0.1) is 6.92 Å². The van der Waals surface area contributed by atoms with Gasteiger partial charge in [0, 0.05) is 17.3 Å². The van der Waals surface area contributed by atoms with Gasteiger partial charge in [0.05, 0.1) is 18.7 Å². The van der Waals surface area contributed by atoms with E-state index < -0.39 is 0 Å². The summed E-state index contributed by atoms with van der Waals surface area (Å²) in [7, 11) is 3.13. The Morgan fingerprint density at radius 3 is 2.45 bits per heavy atom. The zero-order valence-corrected chi connectivity index (χ0v) is 18.1. The van der Waals surface area contributed by atoms with E-state index in [9.17, 15) is 4.79 Å². The minimum absolute atomic E-state index is 0.262. The number of carbonyl (C=O) groups excluding carboxylic acids is 1. The molecule has 3 rings (SSSR count). The monoisotopic (exact) mass is 455 g/mol. The maximum Gasteiger partial charge on any atom is 0.255 e. The number of carbonyl (C=O) groups is 1. The van der Waals surface area contributed by atoms with Gasteiger partial charge in [0.1, 0.15) is 12.4 Å². The lowest BCUT2D eigenvalue weighted by Gasteiger charge is -2.15. The van der Waals surface area contributed by atoms with Gasteiger partial charge >= 0.3 is 0 Å². The number of ether oxygens (including phenoxy) is 3. The molecule has 5 nitrogen and oxygen atoms in total. The van der Waals surface area contributed by atoms with Gasteiger partial charge in [0.25, 0.3) is 5.91 Å². The number of hydrogen-bond acceptors (Lipinski definition) is 4. The molecule has 1 N–H and O–H groups in total. The number of hydrogen-bond donors (Lipinski definition) is 1. The van der Waals surface area contributed by atoms with Crippen molar-refractivity contribution in [1.29, 1.82) is 0 Å². The molecule has 0 aliphatic carbocycles. The Hall–Kier alpha value is -2.99. The van der Waals surface area contributed by atoms with Crippen molar-refractivity contribution in [2.24, 2.45) is 0 Å². The third-order valence-corrected chi connectivity index (χ3v) is 4.91. The van der Waals surface area contributed by atoms with E-state index in [-0.39, 0.29) is 5.91 Å². The van der Waals surface area contributed by atoms with Gasteiger partial charge in [-0.3, -0.25) is 4.79 Å². The Kier molecular flexibility index (Phi) is 6.77. The van der Waals surface area contributed by atoms with E-state index in [1.54, 1.807) is 38.5 Å². The van der Waals surface area contributed by atoms with E-state index in [4.69, 9.17) is 14.2 Å². The average Bonchev–Trinajstić information content (AvgIpc) is 2.73. The molecule has 0 spiro atoms. The number of methoxy groups -OCH3 is 2. The summed E-state index contributed by atoms with van der Waals surface area (Å²) in [6.07, 6.45) is 0. The van der Waals surface area contributed by atoms with Gasteiger partial charge in [-0.05, 0) is 52.7 Å². The Bertz CT molecular complexity index is 1000. The molecule has 3 aromatic carbocycles. The van der Waals surface area contributed by atoms with Crippen LogP contribution in [0.25, 0.3) is 0 Å². The molecule has 0 bridgehead atoms. The molecule has 0 radical (unpaired) electrons. The van der Waals surface area contributed by atoms with Crippen molar-refractivity contribution in [2.45, 2.75) is 13.5 Å². The third kappa shape index (κ3) is 5.29. The molecule has 3 aromatic rings. The van der Waals surface area contributed by atoms with Gasteiger partial charge in [-0.15, -0.1) is 0 Å². The fourth-order valence-corrected chi connectivity index (χ4v) is 3.29. The van der Waals surface area contributed by atoms with Crippen molar-refractivity contribution >= 4 is 27.5 Å². The number of halogens is 1. The summed E-state index contributed by atoms with van der Waals surface area (Å²) < 4.78 is 17.2. The average molecular weight is 456 g/mol. The molecule has 0 aromatic heterocycles. The van der Waals surface area contributed by atoms with Crippen LogP contribution >= 0.6 is 15.9 Å². The quantitative estimate of drug-likeness (QED) is 0.503. The Morgan fingerprint density at radius 2 is 1.76 bits per heavy atom. The van der Waals surface area contributed by atoms with Gasteiger partial charge in [0.15, 0.2) is 11.5 Å². The smallest absolute Gasteiger partial charge is 0.255 e. The first-order valence-corrected chi connectivity index (χ1v) is 9.80. The number of aryl methyl sites for hydroxylation is 1. The summed E-state index contributed by atoms with van der Waals surface area (Å²) in [5.41, 5.74) is 3.33. The highest BCUT2D eigenvalue weighted by molar-refractivity contribution is 9.10. The van der Waals surface area contributed by atoms with Crippen LogP contribution in [0.15, 0.2) is 65.1 Å². The molecule has 0 fully saturated rings. The summed E-state index contributed by atoms with van der Waals surface area (Å²) in [4.78, 5) is 12.7. The van der Waals surface area contributed by atoms with Crippen molar-refractivity contribution in [2.75, 3.05) is 19.5 Å². The van der Waals surface area contributed by atoms with E-state index in [2.05, 4.69) is 21.2 Å². The minimum atomic E-state index is -0.262. The van der Waals surface area contributed by atoms with Crippen molar-refractivity contribution in [3.63, 3.8) is 0 Å². The maximum absolute atomic E-state index is 12.7. The van der Waals surface area contributed by atoms with Crippen LogP contribution in [0.5, 0.6) is 17.2 Å². The molecule has 0 heterocycles. The van der Waals surface area contributed by atoms with Crippen LogP contribution in [0.3, 0.4) is 0 Å². The molecule has 0 saturated carbocycles. The van der Waals surface area contributed by atoms with Crippen molar-refractivity contribution in [3.8, 4) is 17.2 Å². The Labute approximate surface area is 178 Å². The molecule has 6 heteroatoms. The summed E-state index contributed by atoms with van der Waals surface area (Å²) in [5.74, 6) is 1.43. The Morgan fingerprint density at radius 1 is 1.00 bits per heavy atom. The predicted octanol–water partition coefficient (Wildman–Crippen LogP) is 5.61. The molecular weight excluding hydrogens is 434 g/mol. The fourth-order valence-electron chi connectivity index (χ4n) is 2.73. The van der Waals surface area contributed by atoms with Gasteiger partial charge in [-0.2, -0.15) is 0 Å². The fraction of sp³-hybridized carbons (Fsp3) is 0.174. The highest BCUT2D eigenvalue weighted by Gasteiger charge is 2.16. The standard InChI is InChI=1S/C23H22BrNO4/c1-15-7-9-16(10-8-15)14-29-22-20(24)11-17(12-21(22)28-3)23(26)25-18-5-4-6-19(13-18)27-2/h4-13H,14H2,1-3H3,(H,25,26). The number of benzene rings is 3. The van der Waals surface area contributed by atoms with Crippen LogP contribution in [0.1, 0.15) is 21.5 Å². The number of nitrogens with one attached hydrogen (secondary N) is 1. The van der Waals surface area contributed by atoms with Crippen LogP contribution in [-0.4, -0.2) is 20.1 Å². The predicted molar refractivity (Wildman–Crippen MR) is 117 cm³/mol. The summed E-state index contributed by atoms with van der Waals surface area (Å²) >= 11 is 3.50. The largest absolute Gasteiger partial charge is 0.497 e. The third-order valence-electron chi connectivity index (χ3n) is 4.32. The van der Waals surface area contributed by atoms with Gasteiger partial charge < -0.3 is 19.5 Å². The summed E-state index contributed by atoms with van der Waals surface area (Å²) in [5, 5.41) is 2.86. The van der Waals surface area contributed by atoms with E-state index in [1.165, 1.54) is 5.56 Å². The molecular formula is C23H22BrNO4. The number of rotatable bonds is 7. The molecule has 0 aliphatic heterocycles. The second kappa shape index (κ2) is 9.47. The summed E-state index contributed by atoms with van der Waals surface area (Å²) in [6, 6.07) is 18.7. The zero-order chi connectivity index (χ0) is 20.8. The Balaban J connectivity index is 1.77. The first-order valence-electron chi connectivity index (χ1n) is 9.01. The lowest BCUT2D eigenvalue weighted by Crippen LogP contribution is -2.12. The lowest BCUT2D eigenvalue weighted by molar-refractivity contribution is 0.102. The van der Waals surface area contributed by atoms with Crippen LogP contribution < -0.4 is 19.5 Å². The van der Waals surface area contributed by atoms with E-state index >= 15 is 0 Å². The van der Waals surface area contributed by atoms with Gasteiger partial charge in [0.2, 0.25) is 0 Å². The topological polar surface area (TPSA) is 56.8 Å². The molecule has 0 unspecified atom stereocenters. The van der Waals surface area contributed by atoms with Crippen molar-refractivity contribution in [3.05, 3.63) is 81.8 Å². The minimum Gasteiger partial charge on any atom is -0.497 e. The van der Waals surface area contributed by atoms with Crippen molar-refractivity contribution in [1.82, 2.24) is 0 Å². The molecule has 29 heavy (non-hydrogen) atoms. The van der Waals surface area contributed by atoms with Crippen LogP contribution in [0.2, 0.25) is 0 Å². The van der Waals surface area contributed by atoms with Gasteiger partial charge in [-0.25, -0.2) is 0 Å². The molecule has 0 atom stereocenters. The first kappa shape index (κ1) is 20.7. The highest BCUT2D eigenvalue weighted by atomic mass is 79.9. The molecule has 0 aliphatic rings. The highest BCUT2D eigenvalue weighted by Crippen LogP contribution is 2.37. The number of amides is 1. The second-order valence-electron chi connectivity index (χ2n) is 6.45. The molecule has 1 amide bonds. The summed E-state index contributed by atoms with van der Waals surface area (Å²) in [6.45, 7) is 2.43. The zero-order valence-electron chi connectivity index (χ0n) is 16.5. The van der Waals surface area contributed by atoms with Crippen LogP contribution in [-0.2, 0) is 6.61 Å². The number of anilines is 1. The first-order chi connectivity index (χ1) is 14.0. The van der Waals surface area contributed by atoms with Crippen LogP contribution in [0.4, 0.5) is 5.69 Å². The maximum atomic E-state index is 12.7.